The number of pyridine rings is 1. The molecule has 112 valence electrons. The van der Waals surface area contributed by atoms with E-state index in [9.17, 15) is 9.59 Å². The molecule has 1 amide bonds. The van der Waals surface area contributed by atoms with Crippen LogP contribution in [0, 0.1) is 6.92 Å². The number of benzene rings is 1. The number of rotatable bonds is 3. The van der Waals surface area contributed by atoms with E-state index in [4.69, 9.17) is 9.84 Å². The van der Waals surface area contributed by atoms with Gasteiger partial charge in [-0.15, -0.1) is 0 Å². The Balaban J connectivity index is 1.97. The predicted molar refractivity (Wildman–Crippen MR) is 79.1 cm³/mol. The highest BCUT2D eigenvalue weighted by atomic mass is 16.5. The Morgan fingerprint density at radius 3 is 2.77 bits per heavy atom. The first kappa shape index (κ1) is 14.1. The molecule has 0 unspecified atom stereocenters. The predicted octanol–water partition coefficient (Wildman–Crippen LogP) is 2.01. The second kappa shape index (κ2) is 5.48. The van der Waals surface area contributed by atoms with Crippen LogP contribution in [0.25, 0.3) is 0 Å². The van der Waals surface area contributed by atoms with E-state index in [2.05, 4.69) is 4.98 Å². The molecule has 0 aliphatic carbocycles. The van der Waals surface area contributed by atoms with E-state index in [1.54, 1.807) is 0 Å². The minimum atomic E-state index is -1.09. The van der Waals surface area contributed by atoms with E-state index in [0.29, 0.717) is 12.2 Å². The highest BCUT2D eigenvalue weighted by molar-refractivity contribution is 5.99. The van der Waals surface area contributed by atoms with Crippen molar-refractivity contribution in [3.63, 3.8) is 0 Å². The number of carboxylic acid groups (broad SMARTS) is 1. The molecular weight excluding hydrogens is 284 g/mol. The fourth-order valence-corrected chi connectivity index (χ4v) is 2.25. The van der Waals surface area contributed by atoms with Crippen molar-refractivity contribution in [2.24, 2.45) is 0 Å². The standard InChI is InChI=1S/C16H14N2O4/c1-10-2-4-11(5-3-10)8-18-13-6-12(16(20)21)7-17-15(13)22-9-14(18)19/h2-7H,8-9H2,1H3,(H,20,21). The monoisotopic (exact) mass is 298 g/mol. The largest absolute Gasteiger partial charge is 0.478 e. The van der Waals surface area contributed by atoms with Gasteiger partial charge >= 0.3 is 5.97 Å². The summed E-state index contributed by atoms with van der Waals surface area (Å²) in [5.74, 6) is -1.04. The fraction of sp³-hybridized carbons (Fsp3) is 0.188. The van der Waals surface area contributed by atoms with Gasteiger partial charge in [-0.25, -0.2) is 9.78 Å². The minimum Gasteiger partial charge on any atom is -0.478 e. The number of amides is 1. The van der Waals surface area contributed by atoms with Crippen molar-refractivity contribution in [1.29, 1.82) is 0 Å². The minimum absolute atomic E-state index is 0.0194. The van der Waals surface area contributed by atoms with Crippen LogP contribution in [0.3, 0.4) is 0 Å². The van der Waals surface area contributed by atoms with E-state index < -0.39 is 5.97 Å². The third-order valence-electron chi connectivity index (χ3n) is 3.46. The lowest BCUT2D eigenvalue weighted by Crippen LogP contribution is -2.38. The Morgan fingerprint density at radius 2 is 2.09 bits per heavy atom. The van der Waals surface area contributed by atoms with Gasteiger partial charge in [-0.1, -0.05) is 29.8 Å². The number of aryl methyl sites for hydroxylation is 1. The number of aromatic carboxylic acids is 1. The SMILES string of the molecule is Cc1ccc(CN2C(=O)COc3ncc(C(=O)O)cc32)cc1. The Kier molecular flexibility index (Phi) is 3.50. The van der Waals surface area contributed by atoms with Gasteiger partial charge in [0, 0.05) is 6.20 Å². The van der Waals surface area contributed by atoms with Gasteiger partial charge in [0.25, 0.3) is 5.91 Å². The van der Waals surface area contributed by atoms with Crippen LogP contribution < -0.4 is 9.64 Å². The molecule has 6 heteroatoms. The fourth-order valence-electron chi connectivity index (χ4n) is 2.25. The summed E-state index contributed by atoms with van der Waals surface area (Å²) in [5, 5.41) is 9.07. The molecule has 3 rings (SSSR count). The number of carbonyl (C=O) groups excluding carboxylic acids is 1. The second-order valence-corrected chi connectivity index (χ2v) is 5.11. The van der Waals surface area contributed by atoms with Gasteiger partial charge < -0.3 is 14.7 Å². The summed E-state index contributed by atoms with van der Waals surface area (Å²) in [4.78, 5) is 28.7. The van der Waals surface area contributed by atoms with Crippen LogP contribution in [-0.2, 0) is 11.3 Å². The van der Waals surface area contributed by atoms with Gasteiger partial charge in [0.2, 0.25) is 5.88 Å². The van der Waals surface area contributed by atoms with Crippen molar-refractivity contribution in [1.82, 2.24) is 4.98 Å². The number of ether oxygens (including phenoxy) is 1. The molecule has 2 heterocycles. The quantitative estimate of drug-likeness (QED) is 0.937. The molecular formula is C16H14N2O4. The number of hydrogen-bond acceptors (Lipinski definition) is 4. The first-order valence-electron chi connectivity index (χ1n) is 6.76. The van der Waals surface area contributed by atoms with Gasteiger partial charge in [0.15, 0.2) is 6.61 Å². The number of aromatic nitrogens is 1. The van der Waals surface area contributed by atoms with Crippen molar-refractivity contribution in [2.75, 3.05) is 11.5 Å². The van der Waals surface area contributed by atoms with E-state index in [1.165, 1.54) is 17.2 Å². The average molecular weight is 298 g/mol. The molecule has 6 nitrogen and oxygen atoms in total. The first-order valence-corrected chi connectivity index (χ1v) is 6.76. The van der Waals surface area contributed by atoms with Crippen molar-refractivity contribution < 1.29 is 19.4 Å². The molecule has 0 bridgehead atoms. The number of nitrogens with zero attached hydrogens (tertiary/aromatic N) is 2. The topological polar surface area (TPSA) is 79.7 Å². The zero-order valence-electron chi connectivity index (χ0n) is 11.9. The molecule has 2 aromatic rings. The van der Waals surface area contributed by atoms with Crippen LogP contribution in [0.15, 0.2) is 36.5 Å². The maximum atomic E-state index is 12.1. The highest BCUT2D eigenvalue weighted by Crippen LogP contribution is 2.31. The number of carboxylic acids is 1. The van der Waals surface area contributed by atoms with Crippen LogP contribution in [0.2, 0.25) is 0 Å². The molecule has 1 aromatic heterocycles. The lowest BCUT2D eigenvalue weighted by Gasteiger charge is -2.28. The smallest absolute Gasteiger partial charge is 0.337 e. The summed E-state index contributed by atoms with van der Waals surface area (Å²) in [6.45, 7) is 2.24. The molecule has 22 heavy (non-hydrogen) atoms. The van der Waals surface area contributed by atoms with Crippen molar-refractivity contribution >= 4 is 17.6 Å². The third kappa shape index (κ3) is 2.63. The van der Waals surface area contributed by atoms with Crippen LogP contribution in [0.5, 0.6) is 5.88 Å². The molecule has 0 saturated heterocycles. The van der Waals surface area contributed by atoms with Crippen LogP contribution in [-0.4, -0.2) is 28.6 Å². The molecule has 1 aliphatic heterocycles. The summed E-state index contributed by atoms with van der Waals surface area (Å²) in [5.41, 5.74) is 2.49. The molecule has 0 spiro atoms. The van der Waals surface area contributed by atoms with Crippen LogP contribution >= 0.6 is 0 Å². The van der Waals surface area contributed by atoms with E-state index in [1.807, 2.05) is 31.2 Å². The number of hydrogen-bond donors (Lipinski definition) is 1. The van der Waals surface area contributed by atoms with E-state index in [-0.39, 0.29) is 24.0 Å². The maximum absolute atomic E-state index is 12.1. The van der Waals surface area contributed by atoms with Crippen LogP contribution in [0.4, 0.5) is 5.69 Å². The molecule has 0 fully saturated rings. The normalized spacial score (nSPS) is 13.5. The summed E-state index contributed by atoms with van der Waals surface area (Å²) >= 11 is 0. The number of fused-ring (bicyclic) bond motifs is 1. The Hall–Kier alpha value is -2.89. The van der Waals surface area contributed by atoms with Gasteiger partial charge in [-0.3, -0.25) is 4.79 Å². The van der Waals surface area contributed by atoms with Crippen molar-refractivity contribution in [3.05, 3.63) is 53.2 Å². The highest BCUT2D eigenvalue weighted by Gasteiger charge is 2.27. The van der Waals surface area contributed by atoms with Gasteiger partial charge in [0.1, 0.15) is 5.69 Å². The lowest BCUT2D eigenvalue weighted by molar-refractivity contribution is -0.121. The maximum Gasteiger partial charge on any atom is 0.337 e. The summed E-state index contributed by atoms with van der Waals surface area (Å²) in [6.07, 6.45) is 1.22. The summed E-state index contributed by atoms with van der Waals surface area (Å²) in [6, 6.07) is 9.22. The van der Waals surface area contributed by atoms with Crippen molar-refractivity contribution in [3.8, 4) is 5.88 Å². The Labute approximate surface area is 127 Å². The molecule has 0 atom stereocenters. The van der Waals surface area contributed by atoms with E-state index in [0.717, 1.165) is 11.1 Å². The Morgan fingerprint density at radius 1 is 1.36 bits per heavy atom. The van der Waals surface area contributed by atoms with Gasteiger partial charge in [0.05, 0.1) is 12.1 Å². The lowest BCUT2D eigenvalue weighted by atomic mass is 10.1. The molecule has 0 radical (unpaired) electrons. The third-order valence-corrected chi connectivity index (χ3v) is 3.46. The van der Waals surface area contributed by atoms with Gasteiger partial charge in [-0.2, -0.15) is 0 Å². The zero-order valence-corrected chi connectivity index (χ0v) is 11.9. The summed E-state index contributed by atoms with van der Waals surface area (Å²) in [7, 11) is 0. The van der Waals surface area contributed by atoms with Crippen molar-refractivity contribution in [2.45, 2.75) is 13.5 Å². The van der Waals surface area contributed by atoms with Gasteiger partial charge in [-0.05, 0) is 18.6 Å². The summed E-state index contributed by atoms with van der Waals surface area (Å²) < 4.78 is 5.26. The van der Waals surface area contributed by atoms with Crippen LogP contribution in [0.1, 0.15) is 21.5 Å². The zero-order chi connectivity index (χ0) is 15.7. The second-order valence-electron chi connectivity index (χ2n) is 5.11. The molecule has 1 aromatic carbocycles. The molecule has 1 aliphatic rings. The van der Waals surface area contributed by atoms with E-state index >= 15 is 0 Å². The molecule has 1 N–H and O–H groups in total. The Bertz CT molecular complexity index is 740. The number of anilines is 1. The number of carbonyl (C=O) groups is 2. The molecule has 0 saturated carbocycles. The average Bonchev–Trinajstić information content (AvgIpc) is 2.51. The first-order chi connectivity index (χ1) is 10.5.